The van der Waals surface area contributed by atoms with Gasteiger partial charge in [0.25, 0.3) is 0 Å². The third-order valence-corrected chi connectivity index (χ3v) is 5.69. The molecular weight excluding hydrogens is 390 g/mol. The van der Waals surface area contributed by atoms with Gasteiger partial charge < -0.3 is 20.3 Å². The van der Waals surface area contributed by atoms with E-state index in [0.29, 0.717) is 15.9 Å². The zero-order valence-corrected chi connectivity index (χ0v) is 18.2. The predicted octanol–water partition coefficient (Wildman–Crippen LogP) is 5.63. The summed E-state index contributed by atoms with van der Waals surface area (Å²) >= 11 is 11.6. The highest BCUT2D eigenvalue weighted by Gasteiger charge is 2.17. The highest BCUT2D eigenvalue weighted by atomic mass is 35.5. The van der Waals surface area contributed by atoms with Crippen LogP contribution in [0.5, 0.6) is 5.75 Å². The van der Waals surface area contributed by atoms with Crippen LogP contribution in [0.4, 0.5) is 11.4 Å². The van der Waals surface area contributed by atoms with Gasteiger partial charge in [-0.2, -0.15) is 0 Å². The molecular formula is C22H28ClN3OS. The van der Waals surface area contributed by atoms with Gasteiger partial charge in [-0.05, 0) is 73.8 Å². The smallest absolute Gasteiger partial charge is 0.171 e. The fourth-order valence-corrected chi connectivity index (χ4v) is 4.14. The third kappa shape index (κ3) is 5.30. The van der Waals surface area contributed by atoms with E-state index in [9.17, 15) is 0 Å². The van der Waals surface area contributed by atoms with Gasteiger partial charge in [-0.25, -0.2) is 0 Å². The highest BCUT2D eigenvalue weighted by molar-refractivity contribution is 7.80. The number of anilines is 2. The molecule has 1 fully saturated rings. The van der Waals surface area contributed by atoms with Crippen LogP contribution >= 0.6 is 23.8 Å². The molecule has 2 N–H and O–H groups in total. The molecule has 2 aromatic carbocycles. The van der Waals surface area contributed by atoms with E-state index in [0.717, 1.165) is 24.7 Å². The van der Waals surface area contributed by atoms with E-state index in [-0.39, 0.29) is 6.04 Å². The summed E-state index contributed by atoms with van der Waals surface area (Å²) in [5.74, 6) is 1.41. The quantitative estimate of drug-likeness (QED) is 0.616. The first-order valence-corrected chi connectivity index (χ1v) is 10.5. The largest absolute Gasteiger partial charge is 0.495 e. The number of piperidine rings is 1. The Bertz CT molecular complexity index is 812. The summed E-state index contributed by atoms with van der Waals surface area (Å²) in [6, 6.07) is 14.4. The molecule has 2 atom stereocenters. The van der Waals surface area contributed by atoms with Crippen molar-refractivity contribution >= 4 is 40.3 Å². The van der Waals surface area contributed by atoms with E-state index >= 15 is 0 Å². The molecule has 1 saturated heterocycles. The van der Waals surface area contributed by atoms with Gasteiger partial charge in [0.1, 0.15) is 5.75 Å². The molecule has 0 aliphatic carbocycles. The maximum Gasteiger partial charge on any atom is 0.171 e. The maximum atomic E-state index is 6.17. The number of methoxy groups -OCH3 is 1. The lowest BCUT2D eigenvalue weighted by molar-refractivity contribution is 0.415. The lowest BCUT2D eigenvalue weighted by Crippen LogP contribution is -2.34. The topological polar surface area (TPSA) is 36.5 Å². The summed E-state index contributed by atoms with van der Waals surface area (Å²) in [4.78, 5) is 2.48. The predicted molar refractivity (Wildman–Crippen MR) is 123 cm³/mol. The number of benzene rings is 2. The van der Waals surface area contributed by atoms with Crippen LogP contribution in [-0.4, -0.2) is 25.3 Å². The summed E-state index contributed by atoms with van der Waals surface area (Å²) in [5.41, 5.74) is 3.33. The van der Waals surface area contributed by atoms with E-state index < -0.39 is 0 Å². The molecule has 2 aromatic rings. The number of halogens is 1. The molecule has 0 radical (unpaired) electrons. The molecule has 1 aliphatic rings. The number of ether oxygens (including phenoxy) is 1. The first-order chi connectivity index (χ1) is 13.5. The molecule has 0 spiro atoms. The van der Waals surface area contributed by atoms with Crippen molar-refractivity contribution in [3.63, 3.8) is 0 Å². The van der Waals surface area contributed by atoms with Crippen molar-refractivity contribution in [2.75, 3.05) is 30.4 Å². The lowest BCUT2D eigenvalue weighted by atomic mass is 9.99. The molecule has 6 heteroatoms. The van der Waals surface area contributed by atoms with Crippen molar-refractivity contribution in [2.45, 2.75) is 32.7 Å². The molecule has 28 heavy (non-hydrogen) atoms. The van der Waals surface area contributed by atoms with E-state index in [4.69, 9.17) is 28.6 Å². The Hall–Kier alpha value is -1.98. The fourth-order valence-electron chi connectivity index (χ4n) is 3.59. The summed E-state index contributed by atoms with van der Waals surface area (Å²) in [7, 11) is 1.60. The summed E-state index contributed by atoms with van der Waals surface area (Å²) in [6.07, 6.45) is 2.61. The van der Waals surface area contributed by atoms with Crippen LogP contribution < -0.4 is 20.3 Å². The monoisotopic (exact) mass is 417 g/mol. The molecule has 4 nitrogen and oxygen atoms in total. The third-order valence-electron chi connectivity index (χ3n) is 5.17. The molecule has 0 saturated carbocycles. The number of rotatable bonds is 5. The van der Waals surface area contributed by atoms with Crippen LogP contribution in [0.3, 0.4) is 0 Å². The summed E-state index contributed by atoms with van der Waals surface area (Å²) < 4.78 is 5.17. The number of nitrogens with one attached hydrogen (secondary N) is 2. The van der Waals surface area contributed by atoms with Crippen LogP contribution in [0.25, 0.3) is 0 Å². The average molecular weight is 418 g/mol. The van der Waals surface area contributed by atoms with Gasteiger partial charge in [-0.15, -0.1) is 0 Å². The van der Waals surface area contributed by atoms with Crippen molar-refractivity contribution in [1.29, 1.82) is 0 Å². The van der Waals surface area contributed by atoms with Crippen LogP contribution in [0.15, 0.2) is 42.5 Å². The Morgan fingerprint density at radius 2 is 2.00 bits per heavy atom. The van der Waals surface area contributed by atoms with E-state index in [1.54, 1.807) is 13.2 Å². The van der Waals surface area contributed by atoms with Crippen LogP contribution in [0, 0.1) is 5.92 Å². The first-order valence-electron chi connectivity index (χ1n) is 9.72. The second kappa shape index (κ2) is 9.48. The molecule has 3 rings (SSSR count). The summed E-state index contributed by atoms with van der Waals surface area (Å²) in [5, 5.41) is 7.61. The second-order valence-corrected chi connectivity index (χ2v) is 8.27. The van der Waals surface area contributed by atoms with Crippen LogP contribution in [0.1, 0.15) is 38.3 Å². The Kier molecular flexibility index (Phi) is 7.03. The molecule has 1 aliphatic heterocycles. The van der Waals surface area contributed by atoms with Crippen molar-refractivity contribution in [2.24, 2.45) is 5.92 Å². The Balaban J connectivity index is 1.57. The Morgan fingerprint density at radius 1 is 1.25 bits per heavy atom. The maximum absolute atomic E-state index is 6.17. The molecule has 0 unspecified atom stereocenters. The minimum Gasteiger partial charge on any atom is -0.495 e. The van der Waals surface area contributed by atoms with E-state index in [1.807, 2.05) is 12.1 Å². The molecule has 0 aromatic heterocycles. The zero-order valence-electron chi connectivity index (χ0n) is 16.7. The van der Waals surface area contributed by atoms with Gasteiger partial charge in [0, 0.05) is 24.5 Å². The van der Waals surface area contributed by atoms with E-state index in [1.165, 1.54) is 24.1 Å². The standard InChI is InChI=1S/C22H28ClN3OS/c1-15-5-4-12-26(14-15)19-9-6-17(7-10-19)16(2)24-22(28)25-18-8-11-21(27-3)20(23)13-18/h6-11,13,15-16H,4-5,12,14H2,1-3H3,(H2,24,25,28)/t15-,16-/m0/s1. The number of nitrogens with zero attached hydrogens (tertiary/aromatic N) is 1. The number of hydrogen-bond acceptors (Lipinski definition) is 3. The van der Waals surface area contributed by atoms with Crippen molar-refractivity contribution in [1.82, 2.24) is 5.32 Å². The van der Waals surface area contributed by atoms with Gasteiger partial charge >= 0.3 is 0 Å². The van der Waals surface area contributed by atoms with Gasteiger partial charge in [0.2, 0.25) is 0 Å². The van der Waals surface area contributed by atoms with Crippen molar-refractivity contribution in [3.8, 4) is 5.75 Å². The second-order valence-electron chi connectivity index (χ2n) is 7.45. The molecule has 0 amide bonds. The zero-order chi connectivity index (χ0) is 20.1. The van der Waals surface area contributed by atoms with Crippen LogP contribution in [-0.2, 0) is 0 Å². The van der Waals surface area contributed by atoms with E-state index in [2.05, 4.69) is 53.6 Å². The number of thiocarbonyl (C=S) groups is 1. The molecule has 1 heterocycles. The van der Waals surface area contributed by atoms with Gasteiger partial charge in [0.05, 0.1) is 18.2 Å². The Morgan fingerprint density at radius 3 is 2.64 bits per heavy atom. The first kappa shape index (κ1) is 20.7. The molecule has 150 valence electrons. The summed E-state index contributed by atoms with van der Waals surface area (Å²) in [6.45, 7) is 6.73. The Labute approximate surface area is 178 Å². The lowest BCUT2D eigenvalue weighted by Gasteiger charge is -2.33. The van der Waals surface area contributed by atoms with Gasteiger partial charge in [-0.3, -0.25) is 0 Å². The number of hydrogen-bond donors (Lipinski definition) is 2. The SMILES string of the molecule is COc1ccc(NC(=S)N[C@@H](C)c2ccc(N3CCC[C@H](C)C3)cc2)cc1Cl. The van der Waals surface area contributed by atoms with Crippen molar-refractivity contribution < 1.29 is 4.74 Å². The highest BCUT2D eigenvalue weighted by Crippen LogP contribution is 2.27. The molecule has 0 bridgehead atoms. The minimum atomic E-state index is 0.100. The normalized spacial score (nSPS) is 17.7. The fraction of sp³-hybridized carbons (Fsp3) is 0.409. The van der Waals surface area contributed by atoms with Gasteiger partial charge in [0.15, 0.2) is 5.11 Å². The average Bonchev–Trinajstić information content (AvgIpc) is 2.68. The van der Waals surface area contributed by atoms with Gasteiger partial charge in [-0.1, -0.05) is 30.7 Å². The minimum absolute atomic E-state index is 0.100. The van der Waals surface area contributed by atoms with Crippen molar-refractivity contribution in [3.05, 3.63) is 53.1 Å². The van der Waals surface area contributed by atoms with Crippen LogP contribution in [0.2, 0.25) is 5.02 Å².